The third-order valence-corrected chi connectivity index (χ3v) is 4.22. The smallest absolute Gasteiger partial charge is 0.191 e. The molecule has 0 aliphatic heterocycles. The van der Waals surface area contributed by atoms with E-state index in [1.165, 1.54) is 5.01 Å². The molecule has 0 saturated carbocycles. The summed E-state index contributed by atoms with van der Waals surface area (Å²) in [5, 5.41) is 10.1. The monoisotopic (exact) mass is 424 g/mol. The predicted molar refractivity (Wildman–Crippen MR) is 104 cm³/mol. The summed E-state index contributed by atoms with van der Waals surface area (Å²) in [7, 11) is 0. The number of thiazole rings is 1. The summed E-state index contributed by atoms with van der Waals surface area (Å²) in [5.41, 5.74) is 1.12. The van der Waals surface area contributed by atoms with E-state index in [0.29, 0.717) is 12.0 Å². The molecule has 1 heterocycles. The Hall–Kier alpha value is -0.370. The highest BCUT2D eigenvalue weighted by Crippen LogP contribution is 2.10. The first-order valence-corrected chi connectivity index (χ1v) is 8.36. The molecule has 0 fully saturated rings. The fourth-order valence-electron chi connectivity index (χ4n) is 1.64. The molecular formula is C15H29IN4S. The predicted octanol–water partition coefficient (Wildman–Crippen LogP) is 3.60. The summed E-state index contributed by atoms with van der Waals surface area (Å²) in [6, 6.07) is 0.425. The maximum Gasteiger partial charge on any atom is 0.191 e. The summed E-state index contributed by atoms with van der Waals surface area (Å²) >= 11 is 1.74. The number of hydrogen-bond donors (Lipinski definition) is 2. The van der Waals surface area contributed by atoms with Crippen LogP contribution in [0.2, 0.25) is 0 Å². The van der Waals surface area contributed by atoms with Gasteiger partial charge in [0.05, 0.1) is 5.01 Å². The first-order valence-electron chi connectivity index (χ1n) is 7.48. The van der Waals surface area contributed by atoms with Crippen LogP contribution in [-0.4, -0.2) is 30.1 Å². The highest BCUT2D eigenvalue weighted by Gasteiger charge is 2.08. The first kappa shape index (κ1) is 20.6. The fourth-order valence-corrected chi connectivity index (χ4v) is 2.46. The minimum absolute atomic E-state index is 0. The zero-order chi connectivity index (χ0) is 15.0. The van der Waals surface area contributed by atoms with Gasteiger partial charge in [-0.15, -0.1) is 35.3 Å². The molecule has 4 nitrogen and oxygen atoms in total. The lowest BCUT2D eigenvalue weighted by Crippen LogP contribution is -2.44. The Morgan fingerprint density at radius 1 is 1.38 bits per heavy atom. The van der Waals surface area contributed by atoms with E-state index in [1.807, 2.05) is 6.92 Å². The van der Waals surface area contributed by atoms with Gasteiger partial charge in [0, 0.05) is 36.6 Å². The van der Waals surface area contributed by atoms with Gasteiger partial charge in [-0.2, -0.15) is 0 Å². The second kappa shape index (κ2) is 11.2. The molecule has 1 aromatic rings. The lowest BCUT2D eigenvalue weighted by atomic mass is 10.1. The van der Waals surface area contributed by atoms with E-state index >= 15 is 0 Å². The van der Waals surface area contributed by atoms with E-state index in [4.69, 9.17) is 0 Å². The van der Waals surface area contributed by atoms with Gasteiger partial charge < -0.3 is 10.6 Å². The number of aromatic nitrogens is 1. The molecule has 0 bridgehead atoms. The van der Waals surface area contributed by atoms with Crippen molar-refractivity contribution >= 4 is 41.3 Å². The van der Waals surface area contributed by atoms with Crippen molar-refractivity contribution in [2.24, 2.45) is 10.9 Å². The third kappa shape index (κ3) is 8.60. The van der Waals surface area contributed by atoms with E-state index in [-0.39, 0.29) is 24.0 Å². The number of aliphatic imine (C=N–C) groups is 1. The summed E-state index contributed by atoms with van der Waals surface area (Å²) in [4.78, 5) is 9.10. The standard InChI is InChI=1S/C15H28N4S.HI/c1-6-16-15(19-13(5)11(2)3)17-9-7-8-14-18-12(4)10-20-14;/h10-11,13H,6-9H2,1-5H3,(H2,16,17,19);1H. The van der Waals surface area contributed by atoms with Crippen molar-refractivity contribution in [3.63, 3.8) is 0 Å². The SMILES string of the molecule is CCNC(=NCCCc1nc(C)cs1)NC(C)C(C)C.I. The van der Waals surface area contributed by atoms with Gasteiger partial charge in [-0.25, -0.2) is 4.98 Å². The average molecular weight is 424 g/mol. The van der Waals surface area contributed by atoms with Crippen LogP contribution in [0.4, 0.5) is 0 Å². The minimum atomic E-state index is 0. The van der Waals surface area contributed by atoms with Crippen LogP contribution in [0.1, 0.15) is 44.8 Å². The van der Waals surface area contributed by atoms with E-state index in [2.05, 4.69) is 53.7 Å². The summed E-state index contributed by atoms with van der Waals surface area (Å²) < 4.78 is 0. The number of guanidine groups is 1. The topological polar surface area (TPSA) is 49.3 Å². The molecule has 0 spiro atoms. The number of halogens is 1. The van der Waals surface area contributed by atoms with Crippen molar-refractivity contribution in [3.05, 3.63) is 16.1 Å². The molecule has 0 aromatic carbocycles. The normalized spacial score (nSPS) is 13.0. The third-order valence-electron chi connectivity index (χ3n) is 3.19. The number of nitrogens with zero attached hydrogens (tertiary/aromatic N) is 2. The molecule has 0 aliphatic rings. The first-order chi connectivity index (χ1) is 9.52. The van der Waals surface area contributed by atoms with Gasteiger partial charge in [0.1, 0.15) is 0 Å². The Labute approximate surface area is 150 Å². The Kier molecular flexibility index (Phi) is 11.0. The van der Waals surface area contributed by atoms with Gasteiger partial charge in [0.2, 0.25) is 0 Å². The van der Waals surface area contributed by atoms with Crippen LogP contribution in [0.5, 0.6) is 0 Å². The van der Waals surface area contributed by atoms with Crippen molar-refractivity contribution in [1.29, 1.82) is 0 Å². The number of hydrogen-bond acceptors (Lipinski definition) is 3. The van der Waals surface area contributed by atoms with E-state index < -0.39 is 0 Å². The minimum Gasteiger partial charge on any atom is -0.357 e. The Balaban J connectivity index is 0.00000400. The van der Waals surface area contributed by atoms with Crippen molar-refractivity contribution in [2.75, 3.05) is 13.1 Å². The van der Waals surface area contributed by atoms with Gasteiger partial charge in [-0.1, -0.05) is 13.8 Å². The molecule has 0 saturated heterocycles. The average Bonchev–Trinajstić information content (AvgIpc) is 2.80. The highest BCUT2D eigenvalue weighted by atomic mass is 127. The molecular weight excluding hydrogens is 395 g/mol. The maximum atomic E-state index is 4.63. The van der Waals surface area contributed by atoms with Crippen LogP contribution in [0.3, 0.4) is 0 Å². The zero-order valence-electron chi connectivity index (χ0n) is 13.8. The van der Waals surface area contributed by atoms with Gasteiger partial charge in [0.15, 0.2) is 5.96 Å². The molecule has 21 heavy (non-hydrogen) atoms. The highest BCUT2D eigenvalue weighted by molar-refractivity contribution is 14.0. The second-order valence-electron chi connectivity index (χ2n) is 5.42. The number of aryl methyl sites for hydroxylation is 2. The molecule has 122 valence electrons. The zero-order valence-corrected chi connectivity index (χ0v) is 16.9. The Bertz CT molecular complexity index is 418. The van der Waals surface area contributed by atoms with Gasteiger partial charge >= 0.3 is 0 Å². The molecule has 2 N–H and O–H groups in total. The molecule has 1 aromatic heterocycles. The number of rotatable bonds is 7. The Morgan fingerprint density at radius 3 is 2.62 bits per heavy atom. The van der Waals surface area contributed by atoms with E-state index in [0.717, 1.165) is 37.6 Å². The molecule has 0 amide bonds. The van der Waals surface area contributed by atoms with Crippen molar-refractivity contribution in [3.8, 4) is 0 Å². The van der Waals surface area contributed by atoms with E-state index in [1.54, 1.807) is 11.3 Å². The van der Waals surface area contributed by atoms with Gasteiger partial charge in [-0.05, 0) is 33.1 Å². The van der Waals surface area contributed by atoms with Crippen LogP contribution >= 0.6 is 35.3 Å². The fraction of sp³-hybridized carbons (Fsp3) is 0.733. The molecule has 6 heteroatoms. The second-order valence-corrected chi connectivity index (χ2v) is 6.37. The van der Waals surface area contributed by atoms with Crippen molar-refractivity contribution in [1.82, 2.24) is 15.6 Å². The summed E-state index contributed by atoms with van der Waals surface area (Å²) in [6.07, 6.45) is 2.06. The quantitative estimate of drug-likeness (QED) is 0.304. The molecule has 1 unspecified atom stereocenters. The summed E-state index contributed by atoms with van der Waals surface area (Å²) in [5.74, 6) is 1.51. The maximum absolute atomic E-state index is 4.63. The molecule has 0 radical (unpaired) electrons. The van der Waals surface area contributed by atoms with Crippen molar-refractivity contribution < 1.29 is 0 Å². The molecule has 0 aliphatic carbocycles. The lowest BCUT2D eigenvalue weighted by Gasteiger charge is -2.20. The van der Waals surface area contributed by atoms with Gasteiger partial charge in [-0.3, -0.25) is 4.99 Å². The molecule has 1 rings (SSSR count). The van der Waals surface area contributed by atoms with Crippen LogP contribution in [0.25, 0.3) is 0 Å². The largest absolute Gasteiger partial charge is 0.357 e. The van der Waals surface area contributed by atoms with Crippen LogP contribution in [0, 0.1) is 12.8 Å². The van der Waals surface area contributed by atoms with Crippen molar-refractivity contribution in [2.45, 2.75) is 53.5 Å². The Morgan fingerprint density at radius 2 is 2.10 bits per heavy atom. The molecule has 1 atom stereocenters. The van der Waals surface area contributed by atoms with Crippen LogP contribution < -0.4 is 10.6 Å². The lowest BCUT2D eigenvalue weighted by molar-refractivity contribution is 0.481. The van der Waals surface area contributed by atoms with E-state index in [9.17, 15) is 0 Å². The summed E-state index contributed by atoms with van der Waals surface area (Å²) in [6.45, 7) is 12.5. The van der Waals surface area contributed by atoms with Crippen LogP contribution in [-0.2, 0) is 6.42 Å². The van der Waals surface area contributed by atoms with Crippen LogP contribution in [0.15, 0.2) is 10.4 Å². The number of nitrogens with one attached hydrogen (secondary N) is 2. The van der Waals surface area contributed by atoms with Gasteiger partial charge in [0.25, 0.3) is 0 Å².